The van der Waals surface area contributed by atoms with Gasteiger partial charge in [-0.15, -0.1) is 0 Å². The highest BCUT2D eigenvalue weighted by atomic mass is 32.2. The molecule has 0 aliphatic carbocycles. The topological polar surface area (TPSA) is 64.0 Å². The van der Waals surface area contributed by atoms with Crippen LogP contribution in [0.2, 0.25) is 0 Å². The van der Waals surface area contributed by atoms with Gasteiger partial charge in [0.15, 0.2) is 0 Å². The summed E-state index contributed by atoms with van der Waals surface area (Å²) in [6.07, 6.45) is 0. The summed E-state index contributed by atoms with van der Waals surface area (Å²) in [7, 11) is -0.972. The molecule has 2 aromatic carbocycles. The van der Waals surface area contributed by atoms with E-state index in [1.165, 1.54) is 5.56 Å². The summed E-state index contributed by atoms with van der Waals surface area (Å²) in [6.45, 7) is 10.5. The van der Waals surface area contributed by atoms with Crippen molar-refractivity contribution in [3.05, 3.63) is 76.0 Å². The minimum atomic E-state index is -0.972. The molecule has 0 radical (unpaired) electrons. The molecule has 1 amide bonds. The fourth-order valence-electron chi connectivity index (χ4n) is 3.70. The Hall–Kier alpha value is -2.73. The number of carbonyl (C=O) groups excluding carboxylic acids is 1. The highest BCUT2D eigenvalue weighted by molar-refractivity contribution is 7.83. The van der Waals surface area contributed by atoms with Crippen LogP contribution in [-0.2, 0) is 27.7 Å². The summed E-state index contributed by atoms with van der Waals surface area (Å²) in [4.78, 5) is 13.1. The first kappa shape index (κ1) is 20.5. The third kappa shape index (κ3) is 3.72. The summed E-state index contributed by atoms with van der Waals surface area (Å²) in [5, 5.41) is 7.77. The van der Waals surface area contributed by atoms with Gasteiger partial charge in [-0.1, -0.05) is 45.0 Å². The summed E-state index contributed by atoms with van der Waals surface area (Å²) < 4.78 is 13.9. The van der Waals surface area contributed by atoms with Gasteiger partial charge in [0, 0.05) is 21.9 Å². The lowest BCUT2D eigenvalue weighted by Gasteiger charge is -2.19. The zero-order chi connectivity index (χ0) is 21.6. The number of nitrogens with one attached hydrogen (secondary N) is 1. The van der Waals surface area contributed by atoms with Crippen LogP contribution in [0, 0.1) is 13.8 Å². The van der Waals surface area contributed by atoms with E-state index >= 15 is 0 Å². The SMILES string of the molecule is Cc1cccc(-n2nc3c(c2NC(=O)c2ccc(C(C)(C)C)cc2)C[S@@](=O)C3)c1C. The van der Waals surface area contributed by atoms with Gasteiger partial charge in [0.25, 0.3) is 5.91 Å². The van der Waals surface area contributed by atoms with E-state index in [2.05, 4.69) is 39.1 Å². The molecule has 6 heteroatoms. The molecular weight excluding hydrogens is 394 g/mol. The van der Waals surface area contributed by atoms with Crippen LogP contribution in [0.25, 0.3) is 5.69 Å². The zero-order valence-electron chi connectivity index (χ0n) is 18.1. The van der Waals surface area contributed by atoms with Gasteiger partial charge in [0.05, 0.1) is 22.9 Å². The smallest absolute Gasteiger partial charge is 0.256 e. The van der Waals surface area contributed by atoms with E-state index in [1.807, 2.05) is 43.3 Å². The van der Waals surface area contributed by atoms with E-state index in [1.54, 1.807) is 4.68 Å². The minimum absolute atomic E-state index is 0.0290. The first-order valence-electron chi connectivity index (χ1n) is 10.1. The number of nitrogens with zero attached hydrogens (tertiary/aromatic N) is 2. The highest BCUT2D eigenvalue weighted by Gasteiger charge is 2.29. The van der Waals surface area contributed by atoms with Gasteiger partial charge in [-0.2, -0.15) is 5.10 Å². The van der Waals surface area contributed by atoms with Crippen LogP contribution < -0.4 is 5.32 Å². The van der Waals surface area contributed by atoms with E-state index in [9.17, 15) is 9.00 Å². The second-order valence-corrected chi connectivity index (χ2v) is 10.4. The molecule has 3 aromatic rings. The fourth-order valence-corrected chi connectivity index (χ4v) is 4.96. The van der Waals surface area contributed by atoms with Gasteiger partial charge in [-0.25, -0.2) is 4.68 Å². The standard InChI is InChI=1S/C24H27N3O2S/c1-15-7-6-8-21(16(15)2)27-22(19-13-30(29)14-20(19)26-27)25-23(28)17-9-11-18(12-10-17)24(3,4)5/h6-12H,13-14H2,1-5H3,(H,25,28)/t30-/m1/s1. The molecular formula is C24H27N3O2S. The molecule has 1 atom stereocenters. The number of benzene rings is 2. The Kier molecular flexibility index (Phi) is 5.14. The van der Waals surface area contributed by atoms with Crippen molar-refractivity contribution in [3.8, 4) is 5.69 Å². The zero-order valence-corrected chi connectivity index (χ0v) is 18.9. The summed E-state index contributed by atoms with van der Waals surface area (Å²) in [6, 6.07) is 13.7. The molecule has 0 fully saturated rings. The van der Waals surface area contributed by atoms with Crippen LogP contribution in [0.15, 0.2) is 42.5 Å². The number of aryl methyl sites for hydroxylation is 1. The fraction of sp³-hybridized carbons (Fsp3) is 0.333. The Balaban J connectivity index is 1.72. The van der Waals surface area contributed by atoms with E-state index in [0.29, 0.717) is 22.9 Å². The van der Waals surface area contributed by atoms with Crippen LogP contribution in [0.1, 0.15) is 59.1 Å². The number of fused-ring (bicyclic) bond motifs is 1. The largest absolute Gasteiger partial charge is 0.306 e. The summed E-state index contributed by atoms with van der Waals surface area (Å²) >= 11 is 0. The normalized spacial score (nSPS) is 15.8. The van der Waals surface area contributed by atoms with Crippen LogP contribution in [0.4, 0.5) is 5.82 Å². The van der Waals surface area contributed by atoms with E-state index in [-0.39, 0.29) is 11.3 Å². The maximum absolute atomic E-state index is 13.1. The molecule has 0 bridgehead atoms. The van der Waals surface area contributed by atoms with Crippen molar-refractivity contribution in [2.45, 2.75) is 51.5 Å². The number of anilines is 1. The average Bonchev–Trinajstić information content (AvgIpc) is 3.20. The number of rotatable bonds is 3. The molecule has 1 aromatic heterocycles. The van der Waals surface area contributed by atoms with Gasteiger partial charge >= 0.3 is 0 Å². The molecule has 1 N–H and O–H groups in total. The first-order valence-corrected chi connectivity index (χ1v) is 11.6. The van der Waals surface area contributed by atoms with Crippen LogP contribution >= 0.6 is 0 Å². The van der Waals surface area contributed by atoms with Crippen molar-refractivity contribution in [2.75, 3.05) is 5.32 Å². The van der Waals surface area contributed by atoms with Gasteiger partial charge in [0.2, 0.25) is 0 Å². The molecule has 4 rings (SSSR count). The van der Waals surface area contributed by atoms with Crippen molar-refractivity contribution in [1.29, 1.82) is 0 Å². The number of carbonyl (C=O) groups is 1. The van der Waals surface area contributed by atoms with Crippen molar-refractivity contribution in [1.82, 2.24) is 9.78 Å². The lowest BCUT2D eigenvalue weighted by molar-refractivity contribution is 0.102. The van der Waals surface area contributed by atoms with Gasteiger partial charge in [-0.3, -0.25) is 9.00 Å². The Morgan fingerprint density at radius 1 is 1.07 bits per heavy atom. The number of hydrogen-bond donors (Lipinski definition) is 1. The number of aromatic nitrogens is 2. The Bertz CT molecular complexity index is 1150. The summed E-state index contributed by atoms with van der Waals surface area (Å²) in [5.41, 5.74) is 6.64. The van der Waals surface area contributed by atoms with E-state index in [4.69, 9.17) is 5.10 Å². The molecule has 5 nitrogen and oxygen atoms in total. The van der Waals surface area contributed by atoms with Crippen LogP contribution in [0.3, 0.4) is 0 Å². The molecule has 1 aliphatic rings. The quantitative estimate of drug-likeness (QED) is 0.661. The summed E-state index contributed by atoms with van der Waals surface area (Å²) in [5.74, 6) is 1.27. The van der Waals surface area contributed by atoms with Crippen molar-refractivity contribution in [3.63, 3.8) is 0 Å². The first-order chi connectivity index (χ1) is 14.1. The maximum atomic E-state index is 13.1. The Morgan fingerprint density at radius 3 is 2.43 bits per heavy atom. The lowest BCUT2D eigenvalue weighted by Crippen LogP contribution is -2.18. The minimum Gasteiger partial charge on any atom is -0.306 e. The Labute approximate surface area is 180 Å². The third-order valence-corrected chi connectivity index (χ3v) is 6.93. The van der Waals surface area contributed by atoms with Gasteiger partial charge in [-0.05, 0) is 54.2 Å². The molecule has 2 heterocycles. The van der Waals surface area contributed by atoms with E-state index in [0.717, 1.165) is 28.1 Å². The highest BCUT2D eigenvalue weighted by Crippen LogP contribution is 2.33. The maximum Gasteiger partial charge on any atom is 0.256 e. The lowest BCUT2D eigenvalue weighted by atomic mass is 9.87. The predicted molar refractivity (Wildman–Crippen MR) is 122 cm³/mol. The molecule has 0 saturated carbocycles. The Morgan fingerprint density at radius 2 is 1.77 bits per heavy atom. The molecule has 30 heavy (non-hydrogen) atoms. The molecule has 156 valence electrons. The second-order valence-electron chi connectivity index (χ2n) is 8.91. The van der Waals surface area contributed by atoms with Crippen molar-refractivity contribution in [2.24, 2.45) is 0 Å². The van der Waals surface area contributed by atoms with Crippen LogP contribution in [-0.4, -0.2) is 19.9 Å². The second kappa shape index (κ2) is 7.51. The molecule has 0 saturated heterocycles. The van der Waals surface area contributed by atoms with Crippen molar-refractivity contribution >= 4 is 22.5 Å². The number of hydrogen-bond acceptors (Lipinski definition) is 3. The third-order valence-electron chi connectivity index (χ3n) is 5.72. The van der Waals surface area contributed by atoms with Crippen molar-refractivity contribution < 1.29 is 9.00 Å². The van der Waals surface area contributed by atoms with Gasteiger partial charge < -0.3 is 5.32 Å². The number of amides is 1. The molecule has 1 aliphatic heterocycles. The van der Waals surface area contributed by atoms with Gasteiger partial charge in [0.1, 0.15) is 5.82 Å². The predicted octanol–water partition coefficient (Wildman–Crippen LogP) is 4.80. The van der Waals surface area contributed by atoms with E-state index < -0.39 is 10.8 Å². The monoisotopic (exact) mass is 421 g/mol. The molecule has 0 unspecified atom stereocenters. The molecule has 0 spiro atoms. The average molecular weight is 422 g/mol. The van der Waals surface area contributed by atoms with Crippen LogP contribution in [0.5, 0.6) is 0 Å².